The van der Waals surface area contributed by atoms with Crippen molar-refractivity contribution in [1.82, 2.24) is 0 Å². The first-order chi connectivity index (χ1) is 12.7. The molecule has 2 atom stereocenters. The summed E-state index contributed by atoms with van der Waals surface area (Å²) in [6.07, 6.45) is 0.899. The topological polar surface area (TPSA) is 43.2 Å². The zero-order chi connectivity index (χ0) is 17.9. The van der Waals surface area contributed by atoms with Gasteiger partial charge < -0.3 is 9.47 Å². The summed E-state index contributed by atoms with van der Waals surface area (Å²) in [5.74, 6) is 1.92. The molecule has 0 saturated heterocycles. The fourth-order valence-electron chi connectivity index (χ4n) is 3.24. The van der Waals surface area contributed by atoms with Crippen molar-refractivity contribution in [3.8, 4) is 0 Å². The Morgan fingerprint density at radius 3 is 2.27 bits per heavy atom. The van der Waals surface area contributed by atoms with Gasteiger partial charge in [-0.05, 0) is 36.1 Å². The number of rotatable bonds is 5. The first-order valence-electron chi connectivity index (χ1n) is 9.25. The lowest BCUT2D eigenvalue weighted by Crippen LogP contribution is -2.13. The quantitative estimate of drug-likeness (QED) is 0.823. The third-order valence-corrected chi connectivity index (χ3v) is 4.83. The molecule has 134 valence electrons. The van der Waals surface area contributed by atoms with E-state index < -0.39 is 0 Å². The molecule has 26 heavy (non-hydrogen) atoms. The number of benzene rings is 2. The summed E-state index contributed by atoms with van der Waals surface area (Å²) in [5, 5.41) is 0. The smallest absolute Gasteiger partial charge is 0.216 e. The zero-order valence-corrected chi connectivity index (χ0v) is 15.3. The number of hydrogen-bond donors (Lipinski definition) is 0. The fraction of sp³-hybridized carbons (Fsp3) is 0.364. The van der Waals surface area contributed by atoms with Gasteiger partial charge in [0.2, 0.25) is 11.8 Å². The lowest BCUT2D eigenvalue weighted by Gasteiger charge is -2.06. The Morgan fingerprint density at radius 1 is 0.885 bits per heavy atom. The van der Waals surface area contributed by atoms with Crippen LogP contribution >= 0.6 is 0 Å². The van der Waals surface area contributed by atoms with E-state index in [9.17, 15) is 0 Å². The normalized spacial score (nSPS) is 22.0. The zero-order valence-electron chi connectivity index (χ0n) is 15.3. The maximum Gasteiger partial charge on any atom is 0.216 e. The Labute approximate surface area is 154 Å². The van der Waals surface area contributed by atoms with Crippen LogP contribution in [0.15, 0.2) is 64.6 Å². The fourth-order valence-corrected chi connectivity index (χ4v) is 3.24. The van der Waals surface area contributed by atoms with Gasteiger partial charge in [-0.15, -0.1) is 0 Å². The van der Waals surface area contributed by atoms with Crippen LogP contribution in [0.2, 0.25) is 0 Å². The van der Waals surface area contributed by atoms with Gasteiger partial charge in [0.1, 0.15) is 13.2 Å². The van der Waals surface area contributed by atoms with Gasteiger partial charge in [0, 0.05) is 11.1 Å². The van der Waals surface area contributed by atoms with Crippen LogP contribution in [0.3, 0.4) is 0 Å². The summed E-state index contributed by atoms with van der Waals surface area (Å²) < 4.78 is 11.7. The second kappa shape index (κ2) is 7.32. The highest BCUT2D eigenvalue weighted by molar-refractivity contribution is 6.00. The van der Waals surface area contributed by atoms with E-state index in [1.165, 1.54) is 5.56 Å². The van der Waals surface area contributed by atoms with E-state index >= 15 is 0 Å². The third kappa shape index (κ3) is 3.64. The van der Waals surface area contributed by atoms with Gasteiger partial charge in [-0.1, -0.05) is 50.2 Å². The van der Waals surface area contributed by atoms with E-state index in [2.05, 4.69) is 44.2 Å². The molecule has 2 aromatic rings. The Hall–Kier alpha value is -2.62. The van der Waals surface area contributed by atoms with E-state index in [0.29, 0.717) is 25.0 Å². The van der Waals surface area contributed by atoms with Gasteiger partial charge in [0.25, 0.3) is 0 Å². The van der Waals surface area contributed by atoms with Crippen molar-refractivity contribution >= 4 is 11.8 Å². The lowest BCUT2D eigenvalue weighted by atomic mass is 10.1. The van der Waals surface area contributed by atoms with E-state index in [0.717, 1.165) is 23.4 Å². The Bertz CT molecular complexity index is 827. The van der Waals surface area contributed by atoms with E-state index in [4.69, 9.17) is 19.5 Å². The van der Waals surface area contributed by atoms with Crippen molar-refractivity contribution < 1.29 is 9.47 Å². The van der Waals surface area contributed by atoms with Crippen molar-refractivity contribution in [2.75, 3.05) is 13.2 Å². The van der Waals surface area contributed by atoms with Gasteiger partial charge in [-0.3, -0.25) is 0 Å². The molecule has 4 rings (SSSR count). The predicted octanol–water partition coefficient (Wildman–Crippen LogP) is 3.88. The molecule has 2 aliphatic heterocycles. The molecule has 2 heterocycles. The minimum Gasteiger partial charge on any atom is -0.475 e. The number of aliphatic imine (C=N–C) groups is 2. The Balaban J connectivity index is 1.50. The van der Waals surface area contributed by atoms with Crippen molar-refractivity contribution in [2.45, 2.75) is 32.4 Å². The van der Waals surface area contributed by atoms with Crippen LogP contribution in [0.25, 0.3) is 0 Å². The number of hydrogen-bond acceptors (Lipinski definition) is 4. The summed E-state index contributed by atoms with van der Waals surface area (Å²) in [7, 11) is 0. The molecular formula is C22H24N2O2. The highest BCUT2D eigenvalue weighted by Gasteiger charge is 2.24. The van der Waals surface area contributed by atoms with Crippen LogP contribution in [0.4, 0.5) is 0 Å². The molecule has 2 aliphatic rings. The molecule has 0 saturated carbocycles. The molecule has 0 aliphatic carbocycles. The van der Waals surface area contributed by atoms with Gasteiger partial charge in [0.15, 0.2) is 0 Å². The van der Waals surface area contributed by atoms with Crippen LogP contribution in [-0.4, -0.2) is 37.1 Å². The third-order valence-electron chi connectivity index (χ3n) is 4.83. The van der Waals surface area contributed by atoms with Gasteiger partial charge in [-0.25, -0.2) is 9.98 Å². The summed E-state index contributed by atoms with van der Waals surface area (Å²) in [5.41, 5.74) is 3.26. The highest BCUT2D eigenvalue weighted by Crippen LogP contribution is 2.20. The van der Waals surface area contributed by atoms with Crippen molar-refractivity contribution in [1.29, 1.82) is 0 Å². The van der Waals surface area contributed by atoms with Gasteiger partial charge >= 0.3 is 0 Å². The largest absolute Gasteiger partial charge is 0.475 e. The molecule has 4 heteroatoms. The minimum atomic E-state index is 0.168. The maximum atomic E-state index is 5.87. The standard InChI is InChI=1S/C22H24N2O2/c1-15(2)20-14-26-22(24-20)18-10-6-9-17(12-18)21-23-19(13-25-21)11-16-7-4-3-5-8-16/h3-10,12,15,19-20H,11,13-14H2,1-2H3/t19-,20+/m0/s1. The van der Waals surface area contributed by atoms with E-state index in [-0.39, 0.29) is 12.1 Å². The molecule has 0 radical (unpaired) electrons. The Kier molecular flexibility index (Phi) is 4.74. The number of nitrogens with zero attached hydrogens (tertiary/aromatic N) is 2. The van der Waals surface area contributed by atoms with Gasteiger partial charge in [-0.2, -0.15) is 0 Å². The first-order valence-corrected chi connectivity index (χ1v) is 9.25. The summed E-state index contributed by atoms with van der Waals surface area (Å²) >= 11 is 0. The second-order valence-corrected chi connectivity index (χ2v) is 7.23. The first kappa shape index (κ1) is 16.8. The lowest BCUT2D eigenvalue weighted by molar-refractivity contribution is 0.292. The van der Waals surface area contributed by atoms with Crippen molar-refractivity contribution in [3.05, 3.63) is 71.3 Å². The van der Waals surface area contributed by atoms with Crippen molar-refractivity contribution in [2.24, 2.45) is 15.9 Å². The molecule has 0 bridgehead atoms. The monoisotopic (exact) mass is 348 g/mol. The Morgan fingerprint density at radius 2 is 1.58 bits per heavy atom. The number of ether oxygens (including phenoxy) is 2. The molecule has 0 aromatic heterocycles. The molecule has 4 nitrogen and oxygen atoms in total. The van der Waals surface area contributed by atoms with Crippen LogP contribution in [0.1, 0.15) is 30.5 Å². The summed E-state index contributed by atoms with van der Waals surface area (Å²) in [6.45, 7) is 5.63. The molecule has 0 spiro atoms. The van der Waals surface area contributed by atoms with Gasteiger partial charge in [0.05, 0.1) is 12.1 Å². The summed E-state index contributed by atoms with van der Waals surface area (Å²) in [6, 6.07) is 19.0. The average Bonchev–Trinajstić information content (AvgIpc) is 3.33. The van der Waals surface area contributed by atoms with Crippen LogP contribution in [0.5, 0.6) is 0 Å². The molecular weight excluding hydrogens is 324 g/mol. The SMILES string of the molecule is CC(C)[C@H]1COC(c2cccc(C3=N[C@@H](Cc4ccccc4)CO3)c2)=N1. The molecule has 0 N–H and O–H groups in total. The van der Waals surface area contributed by atoms with Crippen molar-refractivity contribution in [3.63, 3.8) is 0 Å². The second-order valence-electron chi connectivity index (χ2n) is 7.23. The molecule has 2 aromatic carbocycles. The van der Waals surface area contributed by atoms with Crippen LogP contribution in [0, 0.1) is 5.92 Å². The minimum absolute atomic E-state index is 0.168. The maximum absolute atomic E-state index is 5.87. The van der Waals surface area contributed by atoms with Crippen LogP contribution in [-0.2, 0) is 15.9 Å². The molecule has 0 unspecified atom stereocenters. The highest BCUT2D eigenvalue weighted by atomic mass is 16.5. The summed E-state index contributed by atoms with van der Waals surface area (Å²) in [4.78, 5) is 9.49. The van der Waals surface area contributed by atoms with E-state index in [1.807, 2.05) is 24.3 Å². The van der Waals surface area contributed by atoms with E-state index in [1.54, 1.807) is 0 Å². The van der Waals surface area contributed by atoms with Crippen LogP contribution < -0.4 is 0 Å². The molecule has 0 amide bonds. The molecule has 0 fully saturated rings. The average molecular weight is 348 g/mol. The predicted molar refractivity (Wildman–Crippen MR) is 104 cm³/mol.